The van der Waals surface area contributed by atoms with E-state index in [-0.39, 0.29) is 21.7 Å². The number of benzene rings is 2. The van der Waals surface area contributed by atoms with Crippen LogP contribution in [0, 0.1) is 0 Å². The molecule has 0 radical (unpaired) electrons. The van der Waals surface area contributed by atoms with Gasteiger partial charge in [0, 0.05) is 36.3 Å². The maximum atomic E-state index is 11.3. The Bertz CT molecular complexity index is 1140. The molecule has 0 amide bonds. The Morgan fingerprint density at radius 2 is 0.886 bits per heavy atom. The summed E-state index contributed by atoms with van der Waals surface area (Å²) in [4.78, 5) is 0. The van der Waals surface area contributed by atoms with Crippen molar-refractivity contribution in [1.29, 1.82) is 0 Å². The zero-order valence-electron chi connectivity index (χ0n) is 29.1. The first kappa shape index (κ1) is 39.5. The molecule has 1 aliphatic carbocycles. The predicted molar refractivity (Wildman–Crippen MR) is 188 cm³/mol. The standard InChI is InChI=1S/C36H58N2O2.3ClH.Co/c1-33(2,3)25-17-23(31(39)27(19-25)35(7,8)9)21-37-29-15-13-14-16-30(29)38-22-24-18-26(34(4,5)6)20-28(32(24)40)36(10,11)12;;;;/h17-20,29-30,37-40H,13-16,21-22H2,1-12H3;3*1H;/q;;;;+3/p-3. The Hall–Kier alpha value is -0.664. The number of hydrogen-bond donors (Lipinski definition) is 4. The molecule has 1 saturated carbocycles. The number of hydrogen-bond acceptors (Lipinski definition) is 4. The average molecular weight is 716 g/mol. The normalized spacial score (nSPS) is 18.5. The van der Waals surface area contributed by atoms with Crippen LogP contribution >= 0.6 is 30.4 Å². The van der Waals surface area contributed by atoms with Gasteiger partial charge in [-0.1, -0.05) is 120 Å². The van der Waals surface area contributed by atoms with Crippen molar-refractivity contribution in [2.75, 3.05) is 0 Å². The van der Waals surface area contributed by atoms with E-state index in [1.165, 1.54) is 24.0 Å². The van der Waals surface area contributed by atoms with Crippen molar-refractivity contribution in [2.45, 2.75) is 156 Å². The van der Waals surface area contributed by atoms with Crippen LogP contribution in [0.2, 0.25) is 0 Å². The molecule has 0 bridgehead atoms. The fourth-order valence-electron chi connectivity index (χ4n) is 5.77. The molecular formula is C36H58Cl3CoN2O2. The molecule has 2 aromatic rings. The molecule has 2 atom stereocenters. The Balaban J connectivity index is 0.00000159. The second kappa shape index (κ2) is 15.5. The molecule has 2 aromatic carbocycles. The van der Waals surface area contributed by atoms with Crippen molar-refractivity contribution in [3.63, 3.8) is 0 Å². The molecule has 8 heteroatoms. The number of nitrogens with one attached hydrogen (secondary N) is 2. The zero-order chi connectivity index (χ0) is 33.8. The molecule has 1 fully saturated rings. The third-order valence-corrected chi connectivity index (χ3v) is 8.60. The summed E-state index contributed by atoms with van der Waals surface area (Å²) in [6.45, 7) is 27.7. The van der Waals surface area contributed by atoms with Crippen LogP contribution < -0.4 is 10.6 Å². The molecule has 0 aromatic heterocycles. The predicted octanol–water partition coefficient (Wildman–Crippen LogP) is 10.5. The van der Waals surface area contributed by atoms with Crippen molar-refractivity contribution in [2.24, 2.45) is 0 Å². The molecule has 2 unspecified atom stereocenters. The third-order valence-electron chi connectivity index (χ3n) is 8.60. The van der Waals surface area contributed by atoms with Gasteiger partial charge >= 0.3 is 41.4 Å². The molecular weight excluding hydrogens is 658 g/mol. The van der Waals surface area contributed by atoms with E-state index < -0.39 is 10.9 Å². The fraction of sp³-hybridized carbons (Fsp3) is 0.667. The Kier molecular flexibility index (Phi) is 13.9. The Labute approximate surface area is 285 Å². The molecule has 3 rings (SSSR count). The third kappa shape index (κ3) is 11.5. The molecule has 0 aliphatic heterocycles. The molecule has 1 aliphatic rings. The van der Waals surface area contributed by atoms with Crippen molar-refractivity contribution < 1.29 is 21.2 Å². The number of rotatable bonds is 6. The zero-order valence-corrected chi connectivity index (χ0v) is 32.4. The summed E-state index contributed by atoms with van der Waals surface area (Å²) in [5.41, 5.74) is 6.25. The van der Waals surface area contributed by atoms with E-state index in [1.807, 2.05) is 0 Å². The van der Waals surface area contributed by atoms with E-state index in [4.69, 9.17) is 30.4 Å². The topological polar surface area (TPSA) is 64.5 Å². The molecule has 0 saturated heterocycles. The van der Waals surface area contributed by atoms with Crippen LogP contribution in [0.5, 0.6) is 11.5 Å². The fourth-order valence-corrected chi connectivity index (χ4v) is 5.77. The Morgan fingerprint density at radius 1 is 0.591 bits per heavy atom. The van der Waals surface area contributed by atoms with Crippen molar-refractivity contribution in [3.05, 3.63) is 57.6 Å². The molecule has 254 valence electrons. The first-order valence-electron chi connectivity index (χ1n) is 15.8. The number of phenols is 2. The average Bonchev–Trinajstić information content (AvgIpc) is 2.84. The van der Waals surface area contributed by atoms with Crippen LogP contribution in [0.3, 0.4) is 0 Å². The molecule has 4 nitrogen and oxygen atoms in total. The summed E-state index contributed by atoms with van der Waals surface area (Å²) in [6.07, 6.45) is 4.61. The van der Waals surface area contributed by atoms with Gasteiger partial charge in [-0.05, 0) is 56.8 Å². The number of phenolic OH excluding ortho intramolecular Hbond substituents is 2. The second-order valence-corrected chi connectivity index (χ2v) is 21.6. The van der Waals surface area contributed by atoms with Crippen molar-refractivity contribution >= 4 is 30.4 Å². The van der Waals surface area contributed by atoms with E-state index in [9.17, 15) is 10.2 Å². The van der Waals surface area contributed by atoms with E-state index in [0.717, 1.165) is 35.1 Å². The van der Waals surface area contributed by atoms with E-state index in [2.05, 4.69) is 118 Å². The van der Waals surface area contributed by atoms with Gasteiger partial charge in [0.2, 0.25) is 0 Å². The van der Waals surface area contributed by atoms with Gasteiger partial charge < -0.3 is 20.8 Å². The monoisotopic (exact) mass is 714 g/mol. The summed E-state index contributed by atoms with van der Waals surface area (Å²) in [5.74, 6) is 0.846. The van der Waals surface area contributed by atoms with Gasteiger partial charge in [-0.3, -0.25) is 0 Å². The van der Waals surface area contributed by atoms with Gasteiger partial charge in [0.1, 0.15) is 11.5 Å². The van der Waals surface area contributed by atoms with Crippen LogP contribution in [-0.2, 0) is 45.7 Å². The van der Waals surface area contributed by atoms with Gasteiger partial charge in [-0.25, -0.2) is 0 Å². The summed E-state index contributed by atoms with van der Waals surface area (Å²) in [5, 5.41) is 30.2. The SMILES string of the molecule is CC(C)(C)c1cc(CNC2CCCCC2NCc2cc(C(C)(C)C)cc(C(C)(C)C)c2O)c(O)c(C(C)(C)C)c1.[Cl][Co]([Cl])[Cl]. The van der Waals surface area contributed by atoms with Crippen LogP contribution in [0.4, 0.5) is 0 Å². The maximum absolute atomic E-state index is 11.3. The van der Waals surface area contributed by atoms with E-state index >= 15 is 0 Å². The van der Waals surface area contributed by atoms with Crippen LogP contribution in [0.1, 0.15) is 142 Å². The molecule has 0 spiro atoms. The van der Waals surface area contributed by atoms with Gasteiger partial charge in [-0.15, -0.1) is 0 Å². The summed E-state index contributed by atoms with van der Waals surface area (Å²) < 4.78 is 0. The number of aromatic hydroxyl groups is 2. The summed E-state index contributed by atoms with van der Waals surface area (Å²) >= 11 is 0. The second-order valence-electron chi connectivity index (χ2n) is 16.5. The minimum atomic E-state index is -1.19. The van der Waals surface area contributed by atoms with Gasteiger partial charge in [0.15, 0.2) is 0 Å². The molecule has 0 heterocycles. The van der Waals surface area contributed by atoms with Crippen LogP contribution in [-0.4, -0.2) is 22.3 Å². The van der Waals surface area contributed by atoms with Gasteiger partial charge in [0.05, 0.1) is 0 Å². The van der Waals surface area contributed by atoms with E-state index in [0.29, 0.717) is 36.7 Å². The van der Waals surface area contributed by atoms with Gasteiger partial charge in [-0.2, -0.15) is 0 Å². The van der Waals surface area contributed by atoms with Gasteiger partial charge in [0.25, 0.3) is 0 Å². The first-order valence-corrected chi connectivity index (χ1v) is 20.1. The van der Waals surface area contributed by atoms with Crippen LogP contribution in [0.15, 0.2) is 24.3 Å². The number of halogens is 3. The van der Waals surface area contributed by atoms with Crippen molar-refractivity contribution in [3.8, 4) is 11.5 Å². The van der Waals surface area contributed by atoms with Crippen LogP contribution in [0.25, 0.3) is 0 Å². The minimum absolute atomic E-state index is 0.00683. The Morgan fingerprint density at radius 3 is 1.14 bits per heavy atom. The summed E-state index contributed by atoms with van der Waals surface area (Å²) in [7, 11) is 13.4. The quantitative estimate of drug-likeness (QED) is 0.240. The molecule has 4 N–H and O–H groups in total. The summed E-state index contributed by atoms with van der Waals surface area (Å²) in [6, 6.07) is 9.36. The van der Waals surface area contributed by atoms with Crippen molar-refractivity contribution in [1.82, 2.24) is 10.6 Å². The molecule has 44 heavy (non-hydrogen) atoms. The first-order chi connectivity index (χ1) is 19.9. The van der Waals surface area contributed by atoms with E-state index in [1.54, 1.807) is 0 Å².